The molecule has 2 rings (SSSR count). The van der Waals surface area contributed by atoms with Crippen molar-refractivity contribution >= 4 is 0 Å². The minimum atomic E-state index is -0.913. The number of benzene rings is 2. The van der Waals surface area contributed by atoms with Gasteiger partial charge in [-0.25, -0.2) is 13.2 Å². The molecule has 0 aliphatic heterocycles. The van der Waals surface area contributed by atoms with Gasteiger partial charge in [-0.2, -0.15) is 0 Å². The lowest BCUT2D eigenvalue weighted by molar-refractivity contribution is 0.536. The van der Waals surface area contributed by atoms with E-state index in [1.165, 1.54) is 0 Å². The average Bonchev–Trinajstić information content (AvgIpc) is 2.44. The Kier molecular flexibility index (Phi) is 5.02. The molecule has 1 atom stereocenters. The zero-order chi connectivity index (χ0) is 15.4. The molecular formula is C17H18F3N. The first-order chi connectivity index (χ1) is 10.1. The molecule has 0 fully saturated rings. The summed E-state index contributed by atoms with van der Waals surface area (Å²) in [5, 5.41) is 3.32. The van der Waals surface area contributed by atoms with Crippen molar-refractivity contribution in [2.24, 2.45) is 0 Å². The molecule has 1 N–H and O–H groups in total. The first-order valence-corrected chi connectivity index (χ1v) is 7.05. The van der Waals surface area contributed by atoms with Crippen LogP contribution in [0.25, 0.3) is 11.1 Å². The van der Waals surface area contributed by atoms with Crippen molar-refractivity contribution in [1.82, 2.24) is 5.32 Å². The van der Waals surface area contributed by atoms with E-state index in [9.17, 15) is 13.2 Å². The van der Waals surface area contributed by atoms with Gasteiger partial charge in [-0.1, -0.05) is 32.0 Å². The van der Waals surface area contributed by atoms with Crippen LogP contribution in [0, 0.1) is 17.5 Å². The third kappa shape index (κ3) is 3.45. The van der Waals surface area contributed by atoms with Gasteiger partial charge in [-0.05, 0) is 30.2 Å². The highest BCUT2D eigenvalue weighted by Crippen LogP contribution is 2.29. The summed E-state index contributed by atoms with van der Waals surface area (Å²) in [5.41, 5.74) is 1.18. The summed E-state index contributed by atoms with van der Waals surface area (Å²) < 4.78 is 40.7. The Morgan fingerprint density at radius 1 is 1.00 bits per heavy atom. The number of rotatable bonds is 5. The van der Waals surface area contributed by atoms with Gasteiger partial charge < -0.3 is 5.32 Å². The van der Waals surface area contributed by atoms with E-state index in [-0.39, 0.29) is 11.6 Å². The van der Waals surface area contributed by atoms with E-state index in [2.05, 4.69) is 5.32 Å². The highest BCUT2D eigenvalue weighted by molar-refractivity contribution is 5.65. The Balaban J connectivity index is 2.47. The van der Waals surface area contributed by atoms with Crippen LogP contribution in [0.3, 0.4) is 0 Å². The van der Waals surface area contributed by atoms with Crippen LogP contribution in [0.5, 0.6) is 0 Å². The molecule has 0 spiro atoms. The number of hydrogen-bond donors (Lipinski definition) is 1. The summed E-state index contributed by atoms with van der Waals surface area (Å²) in [4.78, 5) is 0. The summed E-state index contributed by atoms with van der Waals surface area (Å²) in [5.74, 6) is -2.69. The van der Waals surface area contributed by atoms with E-state index in [1.54, 1.807) is 18.2 Å². The van der Waals surface area contributed by atoms with Crippen LogP contribution in [0.15, 0.2) is 36.4 Å². The van der Waals surface area contributed by atoms with Gasteiger partial charge in [-0.3, -0.25) is 0 Å². The van der Waals surface area contributed by atoms with Gasteiger partial charge in [0.2, 0.25) is 0 Å². The molecule has 0 heterocycles. The Morgan fingerprint density at radius 2 is 1.67 bits per heavy atom. The highest BCUT2D eigenvalue weighted by Gasteiger charge is 2.15. The van der Waals surface area contributed by atoms with Gasteiger partial charge in [-0.15, -0.1) is 0 Å². The topological polar surface area (TPSA) is 12.0 Å². The van der Waals surface area contributed by atoms with Crippen LogP contribution in [0.2, 0.25) is 0 Å². The molecule has 0 bridgehead atoms. The maximum Gasteiger partial charge on any atom is 0.136 e. The molecule has 1 nitrogen and oxygen atoms in total. The van der Waals surface area contributed by atoms with Gasteiger partial charge in [0.05, 0.1) is 5.56 Å². The summed E-state index contributed by atoms with van der Waals surface area (Å²) in [6.07, 6.45) is 0.867. The lowest BCUT2D eigenvalue weighted by atomic mass is 9.97. The molecular weight excluding hydrogens is 275 g/mol. The molecule has 0 saturated heterocycles. The molecule has 2 aromatic carbocycles. The number of hydrogen-bond acceptors (Lipinski definition) is 1. The summed E-state index contributed by atoms with van der Waals surface area (Å²) in [6.45, 7) is 4.85. The van der Waals surface area contributed by atoms with Crippen LogP contribution >= 0.6 is 0 Å². The van der Waals surface area contributed by atoms with Crippen molar-refractivity contribution in [1.29, 1.82) is 0 Å². The van der Waals surface area contributed by atoms with Crippen molar-refractivity contribution in [3.8, 4) is 11.1 Å². The van der Waals surface area contributed by atoms with Gasteiger partial charge in [0.15, 0.2) is 0 Å². The summed E-state index contributed by atoms with van der Waals surface area (Å²) in [6, 6.07) is 8.57. The standard InChI is InChI=1S/C17H18F3N/c1-3-16(21-4-2)11-6-5-7-12(8-11)17-14(19)9-13(18)10-15(17)20/h5-10,16,21H,3-4H2,1-2H3. The van der Waals surface area contributed by atoms with Crippen molar-refractivity contribution in [2.75, 3.05) is 6.54 Å². The van der Waals surface area contributed by atoms with E-state index in [0.29, 0.717) is 17.7 Å². The first-order valence-electron chi connectivity index (χ1n) is 7.05. The van der Waals surface area contributed by atoms with Crippen molar-refractivity contribution in [3.05, 3.63) is 59.4 Å². The smallest absolute Gasteiger partial charge is 0.136 e. The maximum absolute atomic E-state index is 13.9. The van der Waals surface area contributed by atoms with Crippen LogP contribution < -0.4 is 5.32 Å². The zero-order valence-corrected chi connectivity index (χ0v) is 12.1. The fraction of sp³-hybridized carbons (Fsp3) is 0.294. The average molecular weight is 293 g/mol. The van der Waals surface area contributed by atoms with E-state index >= 15 is 0 Å². The second-order valence-corrected chi connectivity index (χ2v) is 4.89. The Labute approximate surface area is 122 Å². The maximum atomic E-state index is 13.9. The fourth-order valence-electron chi connectivity index (χ4n) is 2.47. The molecule has 0 saturated carbocycles. The molecule has 112 valence electrons. The van der Waals surface area contributed by atoms with E-state index < -0.39 is 17.5 Å². The number of nitrogens with one attached hydrogen (secondary N) is 1. The predicted molar refractivity (Wildman–Crippen MR) is 78.5 cm³/mol. The zero-order valence-electron chi connectivity index (χ0n) is 12.1. The third-order valence-electron chi connectivity index (χ3n) is 3.44. The molecule has 0 amide bonds. The summed E-state index contributed by atoms with van der Waals surface area (Å²) in [7, 11) is 0. The predicted octanol–water partition coefficient (Wildman–Crippen LogP) is 4.83. The molecule has 0 aromatic heterocycles. The molecule has 0 aliphatic rings. The van der Waals surface area contributed by atoms with E-state index in [1.807, 2.05) is 19.9 Å². The van der Waals surface area contributed by atoms with Crippen LogP contribution in [0.1, 0.15) is 31.9 Å². The molecule has 0 radical (unpaired) electrons. The Bertz CT molecular complexity index is 602. The van der Waals surface area contributed by atoms with Gasteiger partial charge >= 0.3 is 0 Å². The van der Waals surface area contributed by atoms with Crippen molar-refractivity contribution in [3.63, 3.8) is 0 Å². The summed E-state index contributed by atoms with van der Waals surface area (Å²) >= 11 is 0. The van der Waals surface area contributed by atoms with Gasteiger partial charge in [0, 0.05) is 18.2 Å². The quantitative estimate of drug-likeness (QED) is 0.832. The monoisotopic (exact) mass is 293 g/mol. The molecule has 21 heavy (non-hydrogen) atoms. The van der Waals surface area contributed by atoms with Crippen molar-refractivity contribution < 1.29 is 13.2 Å². The van der Waals surface area contributed by atoms with Crippen LogP contribution in [0.4, 0.5) is 13.2 Å². The Hall–Kier alpha value is -1.81. The van der Waals surface area contributed by atoms with Gasteiger partial charge in [0.25, 0.3) is 0 Å². The lowest BCUT2D eigenvalue weighted by Gasteiger charge is -2.17. The first kappa shape index (κ1) is 15.6. The fourth-order valence-corrected chi connectivity index (χ4v) is 2.47. The lowest BCUT2D eigenvalue weighted by Crippen LogP contribution is -2.20. The Morgan fingerprint density at radius 3 is 2.24 bits per heavy atom. The molecule has 4 heteroatoms. The largest absolute Gasteiger partial charge is 0.310 e. The van der Waals surface area contributed by atoms with E-state index in [0.717, 1.165) is 18.5 Å². The normalized spacial score (nSPS) is 12.4. The van der Waals surface area contributed by atoms with Crippen LogP contribution in [-0.4, -0.2) is 6.54 Å². The second kappa shape index (κ2) is 6.76. The third-order valence-corrected chi connectivity index (χ3v) is 3.44. The minimum absolute atomic E-state index is 0.126. The molecule has 2 aromatic rings. The minimum Gasteiger partial charge on any atom is -0.310 e. The van der Waals surface area contributed by atoms with Gasteiger partial charge in [0.1, 0.15) is 17.5 Å². The SMILES string of the molecule is CCNC(CC)c1cccc(-c2c(F)cc(F)cc2F)c1. The van der Waals surface area contributed by atoms with Crippen LogP contribution in [-0.2, 0) is 0 Å². The van der Waals surface area contributed by atoms with Crippen molar-refractivity contribution in [2.45, 2.75) is 26.3 Å². The van der Waals surface area contributed by atoms with E-state index in [4.69, 9.17) is 0 Å². The molecule has 1 unspecified atom stereocenters. The highest BCUT2D eigenvalue weighted by atomic mass is 19.1. The second-order valence-electron chi connectivity index (χ2n) is 4.89. The molecule has 0 aliphatic carbocycles. The number of halogens is 3.